The molecule has 0 heterocycles. The van der Waals surface area contributed by atoms with E-state index in [0.29, 0.717) is 17.2 Å². The molecule has 0 saturated carbocycles. The van der Waals surface area contributed by atoms with Crippen molar-refractivity contribution in [2.24, 2.45) is 0 Å². The molecule has 0 aromatic heterocycles. The maximum absolute atomic E-state index is 9.75. The normalized spacial score (nSPS) is 9.71. The van der Waals surface area contributed by atoms with Crippen LogP contribution in [0.1, 0.15) is 0 Å². The Morgan fingerprint density at radius 3 is 2.00 bits per heavy atom. The van der Waals surface area contributed by atoms with Crippen LogP contribution in [0, 0.1) is 5.39 Å². The van der Waals surface area contributed by atoms with Crippen molar-refractivity contribution in [1.29, 1.82) is 5.39 Å². The second-order valence-corrected chi connectivity index (χ2v) is 2.61. The number of diazo groups is 1. The highest BCUT2D eigenvalue weighted by Crippen LogP contribution is 2.36. The van der Waals surface area contributed by atoms with Gasteiger partial charge in [0.05, 0.1) is 14.2 Å². The van der Waals surface area contributed by atoms with E-state index in [2.05, 4.69) is 4.98 Å². The van der Waals surface area contributed by atoms with E-state index >= 15 is 0 Å². The van der Waals surface area contributed by atoms with Gasteiger partial charge in [-0.1, -0.05) is 6.07 Å². The molecule has 94 valence electrons. The van der Waals surface area contributed by atoms with Crippen molar-refractivity contribution < 1.29 is 26.7 Å². The van der Waals surface area contributed by atoms with E-state index in [1.54, 1.807) is 18.2 Å². The highest BCUT2D eigenvalue weighted by molar-refractivity contribution is 6.50. The number of methoxy groups -OCH3 is 2. The van der Waals surface area contributed by atoms with Crippen LogP contribution in [0.25, 0.3) is 4.98 Å². The summed E-state index contributed by atoms with van der Waals surface area (Å²) in [7, 11) is -2.98. The Morgan fingerprint density at radius 1 is 1.12 bits per heavy atom. The molecule has 0 aliphatic rings. The molecule has 0 aliphatic carbocycles. The van der Waals surface area contributed by atoms with Crippen molar-refractivity contribution in [2.45, 2.75) is 0 Å². The van der Waals surface area contributed by atoms with Gasteiger partial charge >= 0.3 is 12.9 Å². The highest BCUT2D eigenvalue weighted by atomic mass is 19.5. The number of rotatable bonds is 2. The van der Waals surface area contributed by atoms with Crippen molar-refractivity contribution in [3.8, 4) is 11.5 Å². The molecule has 17 heavy (non-hydrogen) atoms. The van der Waals surface area contributed by atoms with Gasteiger partial charge in [0.1, 0.15) is 0 Å². The van der Waals surface area contributed by atoms with Crippen LogP contribution in [0.4, 0.5) is 23.0 Å². The average Bonchev–Trinajstić information content (AvgIpc) is 2.25. The summed E-state index contributed by atoms with van der Waals surface area (Å²) in [5.74, 6) is 0.982. The van der Waals surface area contributed by atoms with E-state index in [-0.39, 0.29) is 0 Å². The Balaban J connectivity index is 0.000000437. The SMILES string of the molecule is COc1cccc([N+]#N)c1OC.F[B-](F)(F)F. The summed E-state index contributed by atoms with van der Waals surface area (Å²) in [6.07, 6.45) is 0. The lowest BCUT2D eigenvalue weighted by atomic mass is 10.3. The van der Waals surface area contributed by atoms with Crippen LogP contribution in [0.3, 0.4) is 0 Å². The molecule has 1 aromatic carbocycles. The number of nitrogens with zero attached hydrogens (tertiary/aromatic N) is 2. The molecule has 0 aliphatic heterocycles. The van der Waals surface area contributed by atoms with Gasteiger partial charge in [-0.05, 0) is 6.07 Å². The molecule has 9 heteroatoms. The van der Waals surface area contributed by atoms with Gasteiger partial charge < -0.3 is 26.7 Å². The quantitative estimate of drug-likeness (QED) is 0.459. The molecule has 1 aromatic rings. The largest absolute Gasteiger partial charge is 0.673 e. The van der Waals surface area contributed by atoms with Crippen LogP contribution < -0.4 is 9.47 Å². The van der Waals surface area contributed by atoms with Crippen molar-refractivity contribution in [3.05, 3.63) is 23.2 Å². The predicted octanol–water partition coefficient (Wildman–Crippen LogP) is 3.49. The van der Waals surface area contributed by atoms with Gasteiger partial charge in [-0.25, -0.2) is 0 Å². The summed E-state index contributed by atoms with van der Waals surface area (Å²) in [6.45, 7) is 0. The number of ether oxygens (including phenoxy) is 2. The van der Waals surface area contributed by atoms with Crippen LogP contribution >= 0.6 is 0 Å². The summed E-state index contributed by atoms with van der Waals surface area (Å²) in [6, 6.07) is 5.07. The zero-order valence-corrected chi connectivity index (χ0v) is 9.03. The highest BCUT2D eigenvalue weighted by Gasteiger charge is 2.20. The maximum atomic E-state index is 9.75. The molecule has 0 saturated heterocycles. The predicted molar refractivity (Wildman–Crippen MR) is 54.5 cm³/mol. The van der Waals surface area contributed by atoms with Crippen molar-refractivity contribution in [1.82, 2.24) is 0 Å². The van der Waals surface area contributed by atoms with Gasteiger partial charge in [0.2, 0.25) is 5.39 Å². The molecular weight excluding hydrogens is 243 g/mol. The lowest BCUT2D eigenvalue weighted by Gasteiger charge is -2.02. The zero-order valence-electron chi connectivity index (χ0n) is 9.03. The third-order valence-corrected chi connectivity index (χ3v) is 1.49. The smallest absolute Gasteiger partial charge is 0.493 e. The summed E-state index contributed by atoms with van der Waals surface area (Å²) in [5, 5.41) is 8.56. The summed E-state index contributed by atoms with van der Waals surface area (Å²) >= 11 is 0. The first-order valence-corrected chi connectivity index (χ1v) is 4.27. The molecule has 0 spiro atoms. The van der Waals surface area contributed by atoms with E-state index in [0.717, 1.165) is 0 Å². The Kier molecular flexibility index (Phi) is 5.81. The minimum absolute atomic E-state index is 0.358. The molecule has 0 amide bonds. The summed E-state index contributed by atoms with van der Waals surface area (Å²) in [4.78, 5) is 3.04. The van der Waals surface area contributed by atoms with E-state index in [1.807, 2.05) is 0 Å². The van der Waals surface area contributed by atoms with Crippen molar-refractivity contribution >= 4 is 12.9 Å². The Labute approximate surface area is 94.9 Å². The van der Waals surface area contributed by atoms with Crippen molar-refractivity contribution in [3.63, 3.8) is 0 Å². The van der Waals surface area contributed by atoms with Crippen LogP contribution in [-0.4, -0.2) is 21.5 Å². The van der Waals surface area contributed by atoms with Crippen LogP contribution in [0.15, 0.2) is 18.2 Å². The van der Waals surface area contributed by atoms with Gasteiger partial charge in [-0.2, -0.15) is 0 Å². The number of benzene rings is 1. The maximum Gasteiger partial charge on any atom is 0.673 e. The van der Waals surface area contributed by atoms with E-state index < -0.39 is 7.25 Å². The van der Waals surface area contributed by atoms with E-state index in [4.69, 9.17) is 14.9 Å². The monoisotopic (exact) mass is 252 g/mol. The first kappa shape index (κ1) is 15.0. The molecule has 0 atom stereocenters. The number of para-hydroxylation sites is 1. The fraction of sp³-hybridized carbons (Fsp3) is 0.250. The van der Waals surface area contributed by atoms with Gasteiger partial charge in [-0.3, -0.25) is 0 Å². The average molecular weight is 252 g/mol. The molecule has 0 fully saturated rings. The van der Waals surface area contributed by atoms with Gasteiger partial charge in [0, 0.05) is 6.07 Å². The number of hydrogen-bond acceptors (Lipinski definition) is 3. The minimum atomic E-state index is -6.00. The zero-order chi connectivity index (χ0) is 13.5. The van der Waals surface area contributed by atoms with Crippen LogP contribution in [0.5, 0.6) is 11.5 Å². The van der Waals surface area contributed by atoms with Gasteiger partial charge in [0.25, 0.3) is 5.75 Å². The van der Waals surface area contributed by atoms with Gasteiger partial charge in [-0.15, -0.1) is 0 Å². The fourth-order valence-corrected chi connectivity index (χ4v) is 0.949. The van der Waals surface area contributed by atoms with Crippen molar-refractivity contribution in [2.75, 3.05) is 14.2 Å². The Bertz CT molecular complexity index is 399. The molecule has 4 nitrogen and oxygen atoms in total. The fourth-order valence-electron chi connectivity index (χ4n) is 0.949. The first-order valence-electron chi connectivity index (χ1n) is 4.27. The number of hydrogen-bond donors (Lipinski definition) is 0. The third-order valence-electron chi connectivity index (χ3n) is 1.49. The molecule has 0 bridgehead atoms. The topological polar surface area (TPSA) is 46.6 Å². The third kappa shape index (κ3) is 6.24. The number of halogens is 4. The second-order valence-electron chi connectivity index (χ2n) is 2.61. The van der Waals surface area contributed by atoms with Crippen LogP contribution in [0.2, 0.25) is 0 Å². The van der Waals surface area contributed by atoms with Crippen LogP contribution in [-0.2, 0) is 0 Å². The van der Waals surface area contributed by atoms with E-state index in [9.17, 15) is 17.3 Å². The Morgan fingerprint density at radius 2 is 1.65 bits per heavy atom. The summed E-state index contributed by atoms with van der Waals surface area (Å²) in [5.41, 5.74) is 0.358. The Hall–Kier alpha value is -1.98. The molecule has 1 rings (SSSR count). The lowest BCUT2D eigenvalue weighted by molar-refractivity contribution is 0.357. The standard InChI is InChI=1S/C8H9N2O2.BF4/c1-11-7-5-3-4-6(10-9)8(7)12-2;2-1(3,4)5/h3-5H,1-2H3;/q+1;-1. The molecule has 0 radical (unpaired) electrons. The molecule has 0 unspecified atom stereocenters. The first-order chi connectivity index (χ1) is 7.83. The summed E-state index contributed by atoms with van der Waals surface area (Å²) < 4.78 is 49.0. The molecular formula is C8H9BF4N2O2. The minimum Gasteiger partial charge on any atom is -0.493 e. The van der Waals surface area contributed by atoms with E-state index in [1.165, 1.54) is 14.2 Å². The second kappa shape index (κ2) is 6.57. The van der Waals surface area contributed by atoms with Gasteiger partial charge in [0.15, 0.2) is 10.7 Å². The molecule has 0 N–H and O–H groups in total. The lowest BCUT2D eigenvalue weighted by Crippen LogP contribution is -2.02.